The minimum absolute atomic E-state index is 0.0218. The number of hydrogen-bond donors (Lipinski definition) is 2. The molecule has 6 heteroatoms. The summed E-state index contributed by atoms with van der Waals surface area (Å²) in [5.74, 6) is 0.613. The highest BCUT2D eigenvalue weighted by molar-refractivity contribution is 7.91. The number of unbranched alkanes of at least 4 members (excludes halogenated alkanes) is 7. The topological polar surface area (TPSA) is 89.6 Å². The Balaban J connectivity index is 1.68. The molecule has 2 atom stereocenters. The van der Waals surface area contributed by atoms with Crippen LogP contribution in [0, 0.1) is 6.92 Å². The average molecular weight is 551 g/mol. The van der Waals surface area contributed by atoms with Crippen LogP contribution in [0.5, 0.6) is 11.5 Å². The van der Waals surface area contributed by atoms with Gasteiger partial charge in [0.25, 0.3) is 0 Å². The van der Waals surface area contributed by atoms with E-state index in [9.17, 15) is 13.5 Å². The third-order valence-electron chi connectivity index (χ3n) is 7.14. The van der Waals surface area contributed by atoms with Gasteiger partial charge in [-0.1, -0.05) is 83.1 Å². The molecule has 3 rings (SSSR count). The van der Waals surface area contributed by atoms with Crippen LogP contribution in [-0.4, -0.2) is 19.6 Å². The Morgan fingerprint density at radius 1 is 0.795 bits per heavy atom. The van der Waals surface area contributed by atoms with Crippen molar-refractivity contribution in [3.05, 3.63) is 90.8 Å². The molecule has 0 aromatic heterocycles. The first kappa shape index (κ1) is 30.7. The van der Waals surface area contributed by atoms with Crippen molar-refractivity contribution >= 4 is 9.84 Å². The summed E-state index contributed by atoms with van der Waals surface area (Å²) < 4.78 is 32.4. The number of aryl methyl sites for hydroxylation is 1. The Hall–Kier alpha value is -2.83. The molecule has 0 aliphatic carbocycles. The predicted molar refractivity (Wildman–Crippen MR) is 159 cm³/mol. The van der Waals surface area contributed by atoms with Gasteiger partial charge in [0.1, 0.15) is 17.6 Å². The molecular weight excluding hydrogens is 506 g/mol. The minimum Gasteiger partial charge on any atom is -0.508 e. The molecule has 2 unspecified atom stereocenters. The van der Waals surface area contributed by atoms with Crippen LogP contribution in [0.1, 0.15) is 88.3 Å². The Bertz CT molecular complexity index is 1210. The zero-order valence-electron chi connectivity index (χ0n) is 23.2. The van der Waals surface area contributed by atoms with Crippen molar-refractivity contribution in [1.82, 2.24) is 0 Å². The molecule has 211 valence electrons. The van der Waals surface area contributed by atoms with Crippen molar-refractivity contribution in [2.24, 2.45) is 5.73 Å². The van der Waals surface area contributed by atoms with Crippen LogP contribution in [0.2, 0.25) is 0 Å². The van der Waals surface area contributed by atoms with Crippen LogP contribution < -0.4 is 10.5 Å². The second-order valence-corrected chi connectivity index (χ2v) is 12.2. The van der Waals surface area contributed by atoms with Gasteiger partial charge in [0, 0.05) is 0 Å². The molecule has 1 radical (unpaired) electrons. The highest BCUT2D eigenvalue weighted by Crippen LogP contribution is 2.28. The van der Waals surface area contributed by atoms with Gasteiger partial charge in [-0.3, -0.25) is 0 Å². The SMILES string of the molecule is [CH2]CCc1ccc(C(N)C(CCCCCCCCCC)Oc2ccc(S(=O)(=O)c3ccc(O)cc3)cc2)cc1. The number of ether oxygens (including phenoxy) is 1. The summed E-state index contributed by atoms with van der Waals surface area (Å²) in [5, 5.41) is 9.49. The summed E-state index contributed by atoms with van der Waals surface area (Å²) in [6.45, 7) is 6.17. The van der Waals surface area contributed by atoms with Crippen molar-refractivity contribution in [2.75, 3.05) is 0 Å². The Kier molecular flexibility index (Phi) is 12.3. The quantitative estimate of drug-likeness (QED) is 0.166. The molecular formula is C33H44NO4S. The standard InChI is InChI=1S/C33H44NO4S/c1-3-5-6-7-8-9-10-11-13-32(33(34)27-16-14-26(12-4-2)15-17-27)38-29-20-24-31(25-21-29)39(36,37)30-22-18-28(35)19-23-30/h14-25,32-33,35H,2-13,34H2,1H3. The molecule has 39 heavy (non-hydrogen) atoms. The maximum Gasteiger partial charge on any atom is 0.206 e. The first-order chi connectivity index (χ1) is 18.8. The zero-order chi connectivity index (χ0) is 28.1. The van der Waals surface area contributed by atoms with Crippen molar-refractivity contribution in [3.63, 3.8) is 0 Å². The summed E-state index contributed by atoms with van der Waals surface area (Å²) >= 11 is 0. The molecule has 3 N–H and O–H groups in total. The molecule has 3 aromatic rings. The van der Waals surface area contributed by atoms with Crippen molar-refractivity contribution in [1.29, 1.82) is 0 Å². The Morgan fingerprint density at radius 2 is 1.33 bits per heavy atom. The van der Waals surface area contributed by atoms with Gasteiger partial charge in [0.05, 0.1) is 15.8 Å². The predicted octanol–water partition coefficient (Wildman–Crippen LogP) is 7.97. The molecule has 0 heterocycles. The van der Waals surface area contributed by atoms with Gasteiger partial charge in [0.15, 0.2) is 0 Å². The third-order valence-corrected chi connectivity index (χ3v) is 8.93. The number of phenolic OH excluding ortho intramolecular Hbond substituents is 1. The molecule has 0 aliphatic rings. The van der Waals surface area contributed by atoms with Crippen molar-refractivity contribution in [3.8, 4) is 11.5 Å². The van der Waals surface area contributed by atoms with Crippen LogP contribution in [-0.2, 0) is 16.3 Å². The summed E-state index contributed by atoms with van der Waals surface area (Å²) in [5.41, 5.74) is 9.01. The number of aromatic hydroxyl groups is 1. The van der Waals surface area contributed by atoms with Gasteiger partial charge in [-0.05, 0) is 85.3 Å². The highest BCUT2D eigenvalue weighted by Gasteiger charge is 2.23. The number of sulfone groups is 1. The lowest BCUT2D eigenvalue weighted by atomic mass is 9.95. The number of phenols is 1. The number of hydrogen-bond acceptors (Lipinski definition) is 5. The molecule has 0 saturated carbocycles. The van der Waals surface area contributed by atoms with Gasteiger partial charge in [-0.25, -0.2) is 8.42 Å². The lowest BCUT2D eigenvalue weighted by Crippen LogP contribution is -2.31. The van der Waals surface area contributed by atoms with Crippen LogP contribution in [0.4, 0.5) is 0 Å². The molecule has 5 nitrogen and oxygen atoms in total. The normalized spacial score (nSPS) is 13.2. The van der Waals surface area contributed by atoms with Gasteiger partial charge in [-0.2, -0.15) is 0 Å². The molecule has 0 saturated heterocycles. The zero-order valence-corrected chi connectivity index (χ0v) is 24.0. The maximum absolute atomic E-state index is 13.0. The average Bonchev–Trinajstić information content (AvgIpc) is 2.94. The third kappa shape index (κ3) is 9.40. The second kappa shape index (κ2) is 15.7. The maximum atomic E-state index is 13.0. The molecule has 0 spiro atoms. The summed E-state index contributed by atoms with van der Waals surface area (Å²) in [6, 6.07) is 20.1. The monoisotopic (exact) mass is 550 g/mol. The van der Waals surface area contributed by atoms with E-state index in [1.807, 2.05) is 0 Å². The van der Waals surface area contributed by atoms with Crippen LogP contribution in [0.3, 0.4) is 0 Å². The molecule has 0 amide bonds. The minimum atomic E-state index is -3.69. The van der Waals surface area contributed by atoms with Gasteiger partial charge in [0.2, 0.25) is 9.84 Å². The lowest BCUT2D eigenvalue weighted by molar-refractivity contribution is 0.157. The first-order valence-electron chi connectivity index (χ1n) is 14.3. The molecule has 0 bridgehead atoms. The molecule has 0 fully saturated rings. The van der Waals surface area contributed by atoms with E-state index in [-0.39, 0.29) is 27.7 Å². The number of rotatable bonds is 17. The fourth-order valence-electron chi connectivity index (χ4n) is 4.75. The van der Waals surface area contributed by atoms with E-state index < -0.39 is 9.84 Å². The Labute approximate surface area is 235 Å². The van der Waals surface area contributed by atoms with E-state index in [4.69, 9.17) is 10.5 Å². The fourth-order valence-corrected chi connectivity index (χ4v) is 6.01. The van der Waals surface area contributed by atoms with Crippen LogP contribution in [0.15, 0.2) is 82.6 Å². The van der Waals surface area contributed by atoms with E-state index in [2.05, 4.69) is 38.1 Å². The van der Waals surface area contributed by atoms with Crippen molar-refractivity contribution < 1.29 is 18.3 Å². The van der Waals surface area contributed by atoms with E-state index in [0.717, 1.165) is 37.7 Å². The van der Waals surface area contributed by atoms with E-state index in [0.29, 0.717) is 5.75 Å². The van der Waals surface area contributed by atoms with Crippen LogP contribution >= 0.6 is 0 Å². The van der Waals surface area contributed by atoms with E-state index in [1.165, 1.54) is 68.4 Å². The lowest BCUT2D eigenvalue weighted by Gasteiger charge is -2.26. The second-order valence-electron chi connectivity index (χ2n) is 10.3. The largest absolute Gasteiger partial charge is 0.508 e. The number of benzene rings is 3. The van der Waals surface area contributed by atoms with E-state index in [1.54, 1.807) is 24.3 Å². The van der Waals surface area contributed by atoms with E-state index >= 15 is 0 Å². The van der Waals surface area contributed by atoms with Crippen LogP contribution in [0.25, 0.3) is 0 Å². The summed E-state index contributed by atoms with van der Waals surface area (Å²) in [6.07, 6.45) is 12.2. The summed E-state index contributed by atoms with van der Waals surface area (Å²) in [4.78, 5) is 0.302. The van der Waals surface area contributed by atoms with Gasteiger partial charge in [-0.15, -0.1) is 0 Å². The van der Waals surface area contributed by atoms with Gasteiger partial charge < -0.3 is 15.6 Å². The number of nitrogens with two attached hydrogens (primary N) is 1. The summed E-state index contributed by atoms with van der Waals surface area (Å²) in [7, 11) is -3.69. The highest BCUT2D eigenvalue weighted by atomic mass is 32.2. The smallest absolute Gasteiger partial charge is 0.206 e. The fraction of sp³-hybridized carbons (Fsp3) is 0.424. The molecule has 3 aromatic carbocycles. The first-order valence-corrected chi connectivity index (χ1v) is 15.8. The van der Waals surface area contributed by atoms with Gasteiger partial charge >= 0.3 is 0 Å². The van der Waals surface area contributed by atoms with Crippen molar-refractivity contribution in [2.45, 2.75) is 99.5 Å². The molecule has 0 aliphatic heterocycles. The Morgan fingerprint density at radius 3 is 1.90 bits per heavy atom.